The summed E-state index contributed by atoms with van der Waals surface area (Å²) in [5, 5.41) is 11.5. The number of fused-ring (bicyclic) bond motifs is 3. The largest absolute Gasteiger partial charge is 0.393 e. The van der Waals surface area contributed by atoms with E-state index in [1.54, 1.807) is 0 Å². The van der Waals surface area contributed by atoms with Crippen LogP contribution in [0.25, 0.3) is 17.0 Å². The molecule has 1 atom stereocenters. The van der Waals surface area contributed by atoms with E-state index in [-0.39, 0.29) is 6.10 Å². The van der Waals surface area contributed by atoms with Gasteiger partial charge in [-0.05, 0) is 56.0 Å². The van der Waals surface area contributed by atoms with Crippen molar-refractivity contribution < 1.29 is 5.11 Å². The third kappa shape index (κ3) is 2.06. The molecule has 0 spiro atoms. The zero-order valence-electron chi connectivity index (χ0n) is 10.3. The Morgan fingerprint density at radius 2 is 2.22 bits per heavy atom. The van der Waals surface area contributed by atoms with Crippen LogP contribution >= 0.6 is 11.6 Å². The zero-order valence-corrected chi connectivity index (χ0v) is 11.1. The lowest BCUT2D eigenvalue weighted by molar-refractivity contribution is 0.194. The first kappa shape index (κ1) is 11.8. The summed E-state index contributed by atoms with van der Waals surface area (Å²) in [6, 6.07) is 5.96. The number of rotatable bonds is 2. The molecule has 1 aromatic heterocycles. The van der Waals surface area contributed by atoms with E-state index in [1.165, 1.54) is 22.2 Å². The molecule has 1 unspecified atom stereocenters. The van der Waals surface area contributed by atoms with Crippen molar-refractivity contribution in [3.8, 4) is 0 Å². The second-order valence-electron chi connectivity index (χ2n) is 5.06. The maximum atomic E-state index is 9.46. The Labute approximate surface area is 111 Å². The van der Waals surface area contributed by atoms with Crippen molar-refractivity contribution in [2.24, 2.45) is 0 Å². The average molecular weight is 262 g/mol. The van der Waals surface area contributed by atoms with E-state index in [0.717, 1.165) is 29.8 Å². The van der Waals surface area contributed by atoms with Gasteiger partial charge in [0.2, 0.25) is 0 Å². The minimum atomic E-state index is -0.267. The molecule has 0 saturated heterocycles. The molecule has 0 aliphatic heterocycles. The average Bonchev–Trinajstić information content (AvgIpc) is 2.65. The van der Waals surface area contributed by atoms with Gasteiger partial charge in [0.25, 0.3) is 0 Å². The lowest BCUT2D eigenvalue weighted by Gasteiger charge is -2.15. The predicted molar refractivity (Wildman–Crippen MR) is 75.9 cm³/mol. The van der Waals surface area contributed by atoms with Crippen LogP contribution in [0.1, 0.15) is 31.0 Å². The van der Waals surface area contributed by atoms with E-state index in [0.29, 0.717) is 0 Å². The van der Waals surface area contributed by atoms with E-state index >= 15 is 0 Å². The Hall–Kier alpha value is -1.25. The SMILES string of the molecule is CC(O)CC1=Cc2[nH]c3ccc(Cl)cc3c2CC1. The van der Waals surface area contributed by atoms with E-state index in [1.807, 2.05) is 25.1 Å². The molecule has 0 amide bonds. The smallest absolute Gasteiger partial charge is 0.0549 e. The standard InChI is InChI=1S/C15H16ClNO/c1-9(18)6-10-2-4-12-13-8-11(16)3-5-14(13)17-15(12)7-10/h3,5,7-9,17-18H,2,4,6H2,1H3. The summed E-state index contributed by atoms with van der Waals surface area (Å²) in [5.41, 5.74) is 4.98. The highest BCUT2D eigenvalue weighted by Gasteiger charge is 2.16. The summed E-state index contributed by atoms with van der Waals surface area (Å²) in [6.07, 6.45) is 4.72. The van der Waals surface area contributed by atoms with Crippen LogP contribution in [0.3, 0.4) is 0 Å². The minimum absolute atomic E-state index is 0.267. The van der Waals surface area contributed by atoms with Crippen LogP contribution in [0.4, 0.5) is 0 Å². The molecule has 1 aromatic carbocycles. The van der Waals surface area contributed by atoms with E-state index < -0.39 is 0 Å². The van der Waals surface area contributed by atoms with Crippen LogP contribution < -0.4 is 0 Å². The molecule has 2 aromatic rings. The Kier molecular flexibility index (Phi) is 2.92. The third-order valence-electron chi connectivity index (χ3n) is 3.50. The molecule has 18 heavy (non-hydrogen) atoms. The fourth-order valence-corrected chi connectivity index (χ4v) is 2.91. The number of hydrogen-bond acceptors (Lipinski definition) is 1. The molecule has 2 N–H and O–H groups in total. The van der Waals surface area contributed by atoms with Crippen LogP contribution in [-0.4, -0.2) is 16.2 Å². The van der Waals surface area contributed by atoms with Gasteiger partial charge in [0.05, 0.1) is 6.10 Å². The number of halogens is 1. The molecular formula is C15H16ClNO. The molecule has 2 nitrogen and oxygen atoms in total. The molecular weight excluding hydrogens is 246 g/mol. The quantitative estimate of drug-likeness (QED) is 0.845. The first-order valence-corrected chi connectivity index (χ1v) is 6.69. The molecule has 0 saturated carbocycles. The van der Waals surface area contributed by atoms with Crippen molar-refractivity contribution in [1.29, 1.82) is 0 Å². The molecule has 1 aliphatic rings. The Morgan fingerprint density at radius 1 is 1.39 bits per heavy atom. The molecule has 1 heterocycles. The van der Waals surface area contributed by atoms with Gasteiger partial charge in [-0.1, -0.05) is 17.2 Å². The number of aromatic amines is 1. The monoisotopic (exact) mass is 261 g/mol. The fourth-order valence-electron chi connectivity index (χ4n) is 2.74. The number of benzene rings is 1. The molecule has 0 fully saturated rings. The van der Waals surface area contributed by atoms with Gasteiger partial charge in [0.1, 0.15) is 0 Å². The number of aliphatic hydroxyl groups excluding tert-OH is 1. The molecule has 0 bridgehead atoms. The normalized spacial score (nSPS) is 16.5. The lowest BCUT2D eigenvalue weighted by atomic mass is 9.92. The molecule has 1 aliphatic carbocycles. The van der Waals surface area contributed by atoms with Gasteiger partial charge in [-0.2, -0.15) is 0 Å². The van der Waals surface area contributed by atoms with Crippen molar-refractivity contribution in [3.05, 3.63) is 40.1 Å². The number of aromatic nitrogens is 1. The summed E-state index contributed by atoms with van der Waals surface area (Å²) in [4.78, 5) is 3.43. The summed E-state index contributed by atoms with van der Waals surface area (Å²) >= 11 is 6.05. The van der Waals surface area contributed by atoms with Gasteiger partial charge >= 0.3 is 0 Å². The number of aliphatic hydroxyl groups is 1. The highest BCUT2D eigenvalue weighted by Crippen LogP contribution is 2.33. The topological polar surface area (TPSA) is 36.0 Å². The van der Waals surface area contributed by atoms with Gasteiger partial charge < -0.3 is 10.1 Å². The maximum Gasteiger partial charge on any atom is 0.0549 e. The molecule has 3 rings (SSSR count). The van der Waals surface area contributed by atoms with Crippen LogP contribution in [0.15, 0.2) is 23.8 Å². The lowest BCUT2D eigenvalue weighted by Crippen LogP contribution is -2.05. The minimum Gasteiger partial charge on any atom is -0.393 e. The number of H-pyrrole nitrogens is 1. The Bertz CT molecular complexity index is 625. The Balaban J connectivity index is 2.07. The highest BCUT2D eigenvalue weighted by atomic mass is 35.5. The maximum absolute atomic E-state index is 9.46. The molecule has 94 valence electrons. The molecule has 3 heteroatoms. The van der Waals surface area contributed by atoms with Crippen molar-refractivity contribution in [3.63, 3.8) is 0 Å². The van der Waals surface area contributed by atoms with Crippen molar-refractivity contribution in [2.45, 2.75) is 32.3 Å². The Morgan fingerprint density at radius 3 is 3.00 bits per heavy atom. The highest BCUT2D eigenvalue weighted by molar-refractivity contribution is 6.31. The van der Waals surface area contributed by atoms with Gasteiger partial charge in [-0.25, -0.2) is 0 Å². The predicted octanol–water partition coefficient (Wildman–Crippen LogP) is 3.92. The van der Waals surface area contributed by atoms with Gasteiger partial charge in [-0.15, -0.1) is 0 Å². The van der Waals surface area contributed by atoms with E-state index in [2.05, 4.69) is 11.1 Å². The van der Waals surface area contributed by atoms with E-state index in [4.69, 9.17) is 11.6 Å². The van der Waals surface area contributed by atoms with Gasteiger partial charge in [0, 0.05) is 21.6 Å². The zero-order chi connectivity index (χ0) is 12.7. The summed E-state index contributed by atoms with van der Waals surface area (Å²) in [5.74, 6) is 0. The van der Waals surface area contributed by atoms with Crippen molar-refractivity contribution in [1.82, 2.24) is 4.98 Å². The second-order valence-corrected chi connectivity index (χ2v) is 5.50. The number of aryl methyl sites for hydroxylation is 1. The second kappa shape index (κ2) is 4.45. The first-order chi connectivity index (χ1) is 8.63. The number of hydrogen-bond donors (Lipinski definition) is 2. The first-order valence-electron chi connectivity index (χ1n) is 6.31. The van der Waals surface area contributed by atoms with Crippen molar-refractivity contribution >= 4 is 28.6 Å². The summed E-state index contributed by atoms with van der Waals surface area (Å²) in [7, 11) is 0. The van der Waals surface area contributed by atoms with Crippen LogP contribution in [-0.2, 0) is 6.42 Å². The van der Waals surface area contributed by atoms with Gasteiger partial charge in [0.15, 0.2) is 0 Å². The van der Waals surface area contributed by atoms with Crippen molar-refractivity contribution in [2.75, 3.05) is 0 Å². The van der Waals surface area contributed by atoms with Crippen LogP contribution in [0.5, 0.6) is 0 Å². The summed E-state index contributed by atoms with van der Waals surface area (Å²) in [6.45, 7) is 1.83. The third-order valence-corrected chi connectivity index (χ3v) is 3.74. The summed E-state index contributed by atoms with van der Waals surface area (Å²) < 4.78 is 0. The van der Waals surface area contributed by atoms with Gasteiger partial charge in [-0.3, -0.25) is 0 Å². The van der Waals surface area contributed by atoms with Crippen LogP contribution in [0.2, 0.25) is 5.02 Å². The molecule has 0 radical (unpaired) electrons. The van der Waals surface area contributed by atoms with Crippen LogP contribution in [0, 0.1) is 0 Å². The fraction of sp³-hybridized carbons (Fsp3) is 0.333. The number of nitrogens with one attached hydrogen (secondary N) is 1. The van der Waals surface area contributed by atoms with E-state index in [9.17, 15) is 5.11 Å².